The molecule has 2 aromatic carbocycles. The van der Waals surface area contributed by atoms with Crippen LogP contribution in [0.15, 0.2) is 54.2 Å². The first-order valence-corrected chi connectivity index (χ1v) is 9.97. The van der Waals surface area contributed by atoms with Crippen molar-refractivity contribution >= 4 is 23.1 Å². The Morgan fingerprint density at radius 2 is 1.52 bits per heavy atom. The van der Waals surface area contributed by atoms with E-state index in [1.165, 1.54) is 12.1 Å². The number of halogens is 3. The van der Waals surface area contributed by atoms with Gasteiger partial charge in [-0.3, -0.25) is 9.59 Å². The minimum Gasteiger partial charge on any atom is -0.364 e. The Morgan fingerprint density at radius 1 is 0.871 bits per heavy atom. The fourth-order valence-corrected chi connectivity index (χ4v) is 3.88. The molecule has 0 saturated carbocycles. The van der Waals surface area contributed by atoms with Gasteiger partial charge in [-0.1, -0.05) is 35.9 Å². The number of hydrogen-bond acceptors (Lipinski definition) is 4. The standard InChI is InChI=1S/C23H22F3N3O2/c1-15-6-8-16(9-7-15)19-20(28-12-10-27(2)11-13-28)22(31)29(21(19)30)18-5-3-4-17(14-18)23(24,25)26/h3-9,14H,10-13H2,1-2H3. The molecule has 162 valence electrons. The second-order valence-corrected chi connectivity index (χ2v) is 7.87. The summed E-state index contributed by atoms with van der Waals surface area (Å²) in [6.45, 7) is 4.45. The van der Waals surface area contributed by atoms with Crippen LogP contribution in [0.2, 0.25) is 0 Å². The van der Waals surface area contributed by atoms with Crippen molar-refractivity contribution in [3.05, 3.63) is 70.9 Å². The molecular weight excluding hydrogens is 407 g/mol. The summed E-state index contributed by atoms with van der Waals surface area (Å²) >= 11 is 0. The second-order valence-electron chi connectivity index (χ2n) is 7.87. The number of imide groups is 1. The molecule has 4 rings (SSSR count). The summed E-state index contributed by atoms with van der Waals surface area (Å²) in [4.78, 5) is 31.7. The summed E-state index contributed by atoms with van der Waals surface area (Å²) in [5.41, 5.74) is 1.06. The average Bonchev–Trinajstić information content (AvgIpc) is 2.99. The van der Waals surface area contributed by atoms with Crippen molar-refractivity contribution in [2.24, 2.45) is 0 Å². The molecule has 0 spiro atoms. The molecule has 2 amide bonds. The molecule has 8 heteroatoms. The van der Waals surface area contributed by atoms with Gasteiger partial charge in [0.25, 0.3) is 11.8 Å². The van der Waals surface area contributed by atoms with Gasteiger partial charge in [-0.05, 0) is 37.7 Å². The number of rotatable bonds is 3. The van der Waals surface area contributed by atoms with Crippen molar-refractivity contribution < 1.29 is 22.8 Å². The van der Waals surface area contributed by atoms with E-state index in [2.05, 4.69) is 4.90 Å². The number of likely N-dealkylation sites (N-methyl/N-ethyl adjacent to an activating group) is 1. The van der Waals surface area contributed by atoms with E-state index in [0.717, 1.165) is 35.7 Å². The molecule has 1 fully saturated rings. The van der Waals surface area contributed by atoms with Crippen LogP contribution in [0.4, 0.5) is 18.9 Å². The van der Waals surface area contributed by atoms with Crippen molar-refractivity contribution in [1.29, 1.82) is 0 Å². The van der Waals surface area contributed by atoms with Gasteiger partial charge in [-0.15, -0.1) is 0 Å². The largest absolute Gasteiger partial charge is 0.416 e. The lowest BCUT2D eigenvalue weighted by atomic mass is 10.0. The van der Waals surface area contributed by atoms with Crippen LogP contribution in [-0.2, 0) is 15.8 Å². The van der Waals surface area contributed by atoms with Gasteiger partial charge in [0.15, 0.2) is 0 Å². The Hall–Kier alpha value is -3.13. The van der Waals surface area contributed by atoms with Gasteiger partial charge >= 0.3 is 6.18 Å². The zero-order valence-corrected chi connectivity index (χ0v) is 17.2. The number of piperazine rings is 1. The molecule has 0 radical (unpaired) electrons. The van der Waals surface area contributed by atoms with Gasteiger partial charge in [0.1, 0.15) is 5.70 Å². The average molecular weight is 429 g/mol. The predicted octanol–water partition coefficient (Wildman–Crippen LogP) is 3.55. The zero-order valence-electron chi connectivity index (χ0n) is 17.2. The maximum atomic E-state index is 13.4. The number of carbonyl (C=O) groups is 2. The number of nitrogens with zero attached hydrogens (tertiary/aromatic N) is 3. The molecule has 5 nitrogen and oxygen atoms in total. The SMILES string of the molecule is Cc1ccc(C2=C(N3CCN(C)CC3)C(=O)N(c3cccc(C(F)(F)F)c3)C2=O)cc1. The molecule has 0 bridgehead atoms. The van der Waals surface area contributed by atoms with Gasteiger partial charge in [0, 0.05) is 26.2 Å². The highest BCUT2D eigenvalue weighted by Gasteiger charge is 2.43. The van der Waals surface area contributed by atoms with E-state index in [-0.39, 0.29) is 17.0 Å². The van der Waals surface area contributed by atoms with Gasteiger partial charge in [-0.25, -0.2) is 4.90 Å². The smallest absolute Gasteiger partial charge is 0.364 e. The van der Waals surface area contributed by atoms with E-state index in [4.69, 9.17) is 0 Å². The van der Waals surface area contributed by atoms with Gasteiger partial charge in [0.05, 0.1) is 16.8 Å². The quantitative estimate of drug-likeness (QED) is 0.700. The van der Waals surface area contributed by atoms with Crippen molar-refractivity contribution in [2.75, 3.05) is 38.1 Å². The molecule has 2 aromatic rings. The first kappa shape index (κ1) is 21.1. The summed E-state index contributed by atoms with van der Waals surface area (Å²) in [6.07, 6.45) is -4.57. The third kappa shape index (κ3) is 3.95. The molecule has 1 saturated heterocycles. The molecular formula is C23H22F3N3O2. The summed E-state index contributed by atoms with van der Waals surface area (Å²) < 4.78 is 39.7. The number of amides is 2. The van der Waals surface area contributed by atoms with Crippen LogP contribution < -0.4 is 4.90 Å². The second kappa shape index (κ2) is 7.85. The van der Waals surface area contributed by atoms with E-state index in [1.54, 1.807) is 12.1 Å². The van der Waals surface area contributed by atoms with Crippen LogP contribution in [0.25, 0.3) is 5.57 Å². The van der Waals surface area contributed by atoms with Crippen LogP contribution in [0.1, 0.15) is 16.7 Å². The molecule has 31 heavy (non-hydrogen) atoms. The number of aryl methyl sites for hydroxylation is 1. The van der Waals surface area contributed by atoms with Gasteiger partial charge in [0.2, 0.25) is 0 Å². The van der Waals surface area contributed by atoms with E-state index in [1.807, 2.05) is 31.0 Å². The van der Waals surface area contributed by atoms with Crippen molar-refractivity contribution in [3.8, 4) is 0 Å². The lowest BCUT2D eigenvalue weighted by Gasteiger charge is -2.34. The maximum Gasteiger partial charge on any atom is 0.416 e. The van der Waals surface area contributed by atoms with Crippen LogP contribution >= 0.6 is 0 Å². The number of hydrogen-bond donors (Lipinski definition) is 0. The van der Waals surface area contributed by atoms with Gasteiger partial charge in [-0.2, -0.15) is 13.2 Å². The lowest BCUT2D eigenvalue weighted by Crippen LogP contribution is -2.46. The highest BCUT2D eigenvalue weighted by molar-refractivity contribution is 6.45. The fraction of sp³-hybridized carbons (Fsp3) is 0.304. The number of alkyl halides is 3. The topological polar surface area (TPSA) is 43.9 Å². The maximum absolute atomic E-state index is 13.4. The minimum atomic E-state index is -4.57. The molecule has 2 aliphatic rings. The number of anilines is 1. The van der Waals surface area contributed by atoms with Crippen LogP contribution in [0.3, 0.4) is 0 Å². The molecule has 0 atom stereocenters. The van der Waals surface area contributed by atoms with Crippen LogP contribution in [0.5, 0.6) is 0 Å². The number of benzene rings is 2. The fourth-order valence-electron chi connectivity index (χ4n) is 3.88. The van der Waals surface area contributed by atoms with Crippen molar-refractivity contribution in [3.63, 3.8) is 0 Å². The first-order valence-electron chi connectivity index (χ1n) is 9.97. The zero-order chi connectivity index (χ0) is 22.3. The Bertz CT molecular complexity index is 1050. The Balaban J connectivity index is 1.80. The van der Waals surface area contributed by atoms with Crippen molar-refractivity contribution in [2.45, 2.75) is 13.1 Å². The summed E-state index contributed by atoms with van der Waals surface area (Å²) in [5.74, 6) is -1.20. The Kier molecular flexibility index (Phi) is 5.35. The van der Waals surface area contributed by atoms with Gasteiger partial charge < -0.3 is 9.80 Å². The van der Waals surface area contributed by atoms with E-state index < -0.39 is 23.6 Å². The normalized spacial score (nSPS) is 18.4. The highest BCUT2D eigenvalue weighted by atomic mass is 19.4. The van der Waals surface area contributed by atoms with E-state index in [0.29, 0.717) is 18.7 Å². The summed E-state index contributed by atoms with van der Waals surface area (Å²) in [5, 5.41) is 0. The number of carbonyl (C=O) groups excluding carboxylic acids is 2. The Morgan fingerprint density at radius 3 is 2.13 bits per heavy atom. The van der Waals surface area contributed by atoms with Crippen LogP contribution in [-0.4, -0.2) is 54.8 Å². The molecule has 0 aromatic heterocycles. The van der Waals surface area contributed by atoms with E-state index >= 15 is 0 Å². The lowest BCUT2D eigenvalue weighted by molar-refractivity contribution is -0.137. The molecule has 0 unspecified atom stereocenters. The van der Waals surface area contributed by atoms with Crippen molar-refractivity contribution in [1.82, 2.24) is 9.80 Å². The predicted molar refractivity (Wildman–Crippen MR) is 111 cm³/mol. The monoisotopic (exact) mass is 429 g/mol. The summed E-state index contributed by atoms with van der Waals surface area (Å²) in [6, 6.07) is 11.5. The Labute approximate surface area is 178 Å². The molecule has 0 N–H and O–H groups in total. The molecule has 2 aliphatic heterocycles. The minimum absolute atomic E-state index is 0.0847. The molecule has 0 aliphatic carbocycles. The molecule has 2 heterocycles. The summed E-state index contributed by atoms with van der Waals surface area (Å²) in [7, 11) is 1.98. The third-order valence-corrected chi connectivity index (χ3v) is 5.65. The first-order chi connectivity index (χ1) is 14.7. The van der Waals surface area contributed by atoms with E-state index in [9.17, 15) is 22.8 Å². The highest BCUT2D eigenvalue weighted by Crippen LogP contribution is 2.37. The van der Waals surface area contributed by atoms with Crippen LogP contribution in [0, 0.1) is 6.92 Å². The third-order valence-electron chi connectivity index (χ3n) is 5.65.